The summed E-state index contributed by atoms with van der Waals surface area (Å²) < 4.78 is 4.95. The quantitative estimate of drug-likeness (QED) is 0.454. The van der Waals surface area contributed by atoms with Crippen LogP contribution in [-0.2, 0) is 14.4 Å². The summed E-state index contributed by atoms with van der Waals surface area (Å²) in [6.45, 7) is 1.56. The van der Waals surface area contributed by atoms with Gasteiger partial charge in [-0.15, -0.1) is 0 Å². The van der Waals surface area contributed by atoms with Crippen molar-refractivity contribution >= 4 is 23.7 Å². The fourth-order valence-electron chi connectivity index (χ4n) is 4.79. The molecule has 0 radical (unpaired) electrons. The molecule has 1 aromatic rings. The van der Waals surface area contributed by atoms with Crippen LogP contribution in [-0.4, -0.2) is 74.2 Å². The molecule has 1 aromatic heterocycles. The van der Waals surface area contributed by atoms with E-state index in [0.29, 0.717) is 18.6 Å². The number of carbonyl (C=O) groups is 4. The molecular weight excluding hydrogens is 456 g/mol. The summed E-state index contributed by atoms with van der Waals surface area (Å²) in [6, 6.07) is -0.542. The molecule has 188 valence electrons. The molecule has 0 bridgehead atoms. The van der Waals surface area contributed by atoms with Gasteiger partial charge in [-0.1, -0.05) is 42.3 Å². The van der Waals surface area contributed by atoms with E-state index in [1.807, 2.05) is 6.08 Å². The van der Waals surface area contributed by atoms with Crippen molar-refractivity contribution in [1.29, 1.82) is 0 Å². The molecule has 0 aromatic carbocycles. The van der Waals surface area contributed by atoms with Gasteiger partial charge in [0.1, 0.15) is 17.8 Å². The number of nitrogens with zero attached hydrogens (tertiary/aromatic N) is 2. The lowest BCUT2D eigenvalue weighted by molar-refractivity contribution is -0.149. The first-order chi connectivity index (χ1) is 16.7. The molecule has 3 aliphatic rings. The summed E-state index contributed by atoms with van der Waals surface area (Å²) in [6.07, 6.45) is 9.18. The smallest absolute Gasteiger partial charge is 0.334 e. The van der Waals surface area contributed by atoms with Crippen molar-refractivity contribution in [2.24, 2.45) is 5.92 Å². The molecule has 1 aliphatic carbocycles. The van der Waals surface area contributed by atoms with Gasteiger partial charge in [0, 0.05) is 24.9 Å². The molecule has 5 atom stereocenters. The number of aryl methyl sites for hydroxylation is 1. The zero-order valence-electron chi connectivity index (χ0n) is 19.5. The van der Waals surface area contributed by atoms with E-state index in [1.165, 1.54) is 17.0 Å². The van der Waals surface area contributed by atoms with Crippen molar-refractivity contribution < 1.29 is 33.9 Å². The highest BCUT2D eigenvalue weighted by Crippen LogP contribution is 2.33. The Morgan fingerprint density at radius 3 is 2.71 bits per heavy atom. The minimum Gasteiger partial charge on any atom is -0.479 e. The zero-order valence-corrected chi connectivity index (χ0v) is 19.5. The van der Waals surface area contributed by atoms with Gasteiger partial charge in [0.25, 0.3) is 5.91 Å². The maximum absolute atomic E-state index is 13.5. The van der Waals surface area contributed by atoms with E-state index in [0.717, 1.165) is 19.3 Å². The molecule has 11 heteroatoms. The average Bonchev–Trinajstić information content (AvgIpc) is 3.41. The molecule has 4 N–H and O–H groups in total. The normalized spacial score (nSPS) is 31.4. The minimum atomic E-state index is -1.60. The van der Waals surface area contributed by atoms with E-state index in [9.17, 15) is 29.4 Å². The van der Waals surface area contributed by atoms with Crippen LogP contribution in [0.4, 0.5) is 0 Å². The van der Waals surface area contributed by atoms with Crippen molar-refractivity contribution in [3.8, 4) is 0 Å². The summed E-state index contributed by atoms with van der Waals surface area (Å²) in [5, 5.41) is 29.2. The number of allylic oxidation sites excluding steroid dienone is 1. The maximum Gasteiger partial charge on any atom is 0.334 e. The van der Waals surface area contributed by atoms with Gasteiger partial charge in [0.05, 0.1) is 6.10 Å². The highest BCUT2D eigenvalue weighted by molar-refractivity contribution is 5.98. The third kappa shape index (κ3) is 5.00. The first-order valence-corrected chi connectivity index (χ1v) is 11.9. The molecule has 1 saturated heterocycles. The molecule has 0 spiro atoms. The summed E-state index contributed by atoms with van der Waals surface area (Å²) in [7, 11) is 0. The first kappa shape index (κ1) is 24.6. The molecular formula is C24H30N4O7. The van der Waals surface area contributed by atoms with E-state index < -0.39 is 53.3 Å². The SMILES string of the molecule is Cc1cc(C(=O)NC2CCCCCC=CC3C=CC3(C(=O)O)NC(=O)C3CC(O)CN3C2=O)no1. The lowest BCUT2D eigenvalue weighted by Gasteiger charge is -2.40. The molecule has 3 amide bonds. The lowest BCUT2D eigenvalue weighted by Crippen LogP contribution is -2.64. The van der Waals surface area contributed by atoms with Gasteiger partial charge in [0.15, 0.2) is 11.2 Å². The van der Waals surface area contributed by atoms with Crippen LogP contribution in [0, 0.1) is 12.8 Å². The Balaban J connectivity index is 1.60. The number of carbonyl (C=O) groups excluding carboxylic acids is 3. The molecule has 5 unspecified atom stereocenters. The topological polar surface area (TPSA) is 162 Å². The van der Waals surface area contributed by atoms with Gasteiger partial charge < -0.3 is 30.3 Å². The van der Waals surface area contributed by atoms with Crippen molar-refractivity contribution in [1.82, 2.24) is 20.7 Å². The molecule has 1 fully saturated rings. The van der Waals surface area contributed by atoms with Crippen molar-refractivity contribution in [2.75, 3.05) is 6.54 Å². The number of rotatable bonds is 3. The number of aliphatic hydroxyl groups is 1. The molecule has 11 nitrogen and oxygen atoms in total. The molecule has 2 aliphatic heterocycles. The second kappa shape index (κ2) is 10.0. The van der Waals surface area contributed by atoms with Crippen LogP contribution in [0.1, 0.15) is 54.8 Å². The van der Waals surface area contributed by atoms with E-state index in [4.69, 9.17) is 4.52 Å². The monoisotopic (exact) mass is 486 g/mol. The average molecular weight is 487 g/mol. The van der Waals surface area contributed by atoms with Gasteiger partial charge in [-0.3, -0.25) is 14.4 Å². The van der Waals surface area contributed by atoms with Crippen LogP contribution < -0.4 is 10.6 Å². The number of carboxylic acid groups (broad SMARTS) is 1. The Labute approximate surface area is 202 Å². The Bertz CT molecular complexity index is 1060. The van der Waals surface area contributed by atoms with Gasteiger partial charge in [-0.2, -0.15) is 0 Å². The standard InChI is InChI=1S/C24H30N4O7/c1-14-11-18(27-35-14)20(30)25-17-8-6-4-2-3-5-7-15-9-10-24(15,23(33)34)26-21(31)19-12-16(29)13-28(19)22(17)32/h5,7,9-11,15-17,19,29H,2-4,6,8,12-13H2,1H3,(H,25,30)(H,26,31)(H,33,34). The third-order valence-electron chi connectivity index (χ3n) is 6.81. The Hall–Kier alpha value is -3.47. The fraction of sp³-hybridized carbons (Fsp3) is 0.542. The van der Waals surface area contributed by atoms with Crippen LogP contribution in [0.15, 0.2) is 34.9 Å². The van der Waals surface area contributed by atoms with Crippen molar-refractivity contribution in [2.45, 2.75) is 69.2 Å². The highest BCUT2D eigenvalue weighted by Gasteiger charge is 2.51. The van der Waals surface area contributed by atoms with Crippen molar-refractivity contribution in [3.05, 3.63) is 41.8 Å². The van der Waals surface area contributed by atoms with Crippen LogP contribution in [0.25, 0.3) is 0 Å². The van der Waals surface area contributed by atoms with Gasteiger partial charge in [0.2, 0.25) is 11.8 Å². The number of amides is 3. The zero-order chi connectivity index (χ0) is 25.2. The number of aliphatic hydroxyl groups excluding tert-OH is 1. The first-order valence-electron chi connectivity index (χ1n) is 11.9. The summed E-state index contributed by atoms with van der Waals surface area (Å²) in [5.74, 6) is -3.00. The number of carboxylic acids is 1. The van der Waals surface area contributed by atoms with Crippen LogP contribution >= 0.6 is 0 Å². The van der Waals surface area contributed by atoms with Gasteiger partial charge in [-0.05, 0) is 26.2 Å². The maximum atomic E-state index is 13.5. The molecule has 4 rings (SSSR count). The summed E-state index contributed by atoms with van der Waals surface area (Å²) in [5.41, 5.74) is -1.56. The van der Waals surface area contributed by atoms with E-state index in [-0.39, 0.29) is 18.7 Å². The Morgan fingerprint density at radius 2 is 2.06 bits per heavy atom. The van der Waals surface area contributed by atoms with Crippen LogP contribution in [0.5, 0.6) is 0 Å². The Kier molecular flexibility index (Phi) is 7.06. The van der Waals surface area contributed by atoms with Crippen molar-refractivity contribution in [3.63, 3.8) is 0 Å². The van der Waals surface area contributed by atoms with Crippen LogP contribution in [0.3, 0.4) is 0 Å². The number of hydrogen-bond donors (Lipinski definition) is 4. The van der Waals surface area contributed by atoms with Gasteiger partial charge in [-0.25, -0.2) is 4.79 Å². The second-order valence-corrected chi connectivity index (χ2v) is 9.36. The molecule has 0 saturated carbocycles. The third-order valence-corrected chi connectivity index (χ3v) is 6.81. The number of aliphatic carboxylic acids is 1. The second-order valence-electron chi connectivity index (χ2n) is 9.36. The largest absolute Gasteiger partial charge is 0.479 e. The van der Waals surface area contributed by atoms with Crippen LogP contribution in [0.2, 0.25) is 0 Å². The Morgan fingerprint density at radius 1 is 1.26 bits per heavy atom. The molecule has 35 heavy (non-hydrogen) atoms. The highest BCUT2D eigenvalue weighted by atomic mass is 16.5. The predicted molar refractivity (Wildman–Crippen MR) is 122 cm³/mol. The molecule has 3 heterocycles. The minimum absolute atomic E-state index is 0.0271. The fourth-order valence-corrected chi connectivity index (χ4v) is 4.79. The number of hydrogen-bond acceptors (Lipinski definition) is 7. The number of nitrogens with one attached hydrogen (secondary N) is 2. The summed E-state index contributed by atoms with van der Waals surface area (Å²) >= 11 is 0. The van der Waals surface area contributed by atoms with E-state index in [1.54, 1.807) is 19.1 Å². The number of aromatic nitrogens is 1. The van der Waals surface area contributed by atoms with E-state index in [2.05, 4.69) is 15.8 Å². The van der Waals surface area contributed by atoms with Gasteiger partial charge >= 0.3 is 5.97 Å². The number of fused-ring (bicyclic) bond motifs is 2. The van der Waals surface area contributed by atoms with E-state index >= 15 is 0 Å². The predicted octanol–water partition coefficient (Wildman–Crippen LogP) is 0.689. The summed E-state index contributed by atoms with van der Waals surface area (Å²) in [4.78, 5) is 52.8. The lowest BCUT2D eigenvalue weighted by atomic mass is 9.73.